The highest BCUT2D eigenvalue weighted by molar-refractivity contribution is 5.78. The molecule has 0 unspecified atom stereocenters. The normalized spacial score (nSPS) is 19.0. The van der Waals surface area contributed by atoms with Gasteiger partial charge >= 0.3 is 0 Å². The summed E-state index contributed by atoms with van der Waals surface area (Å²) in [5, 5.41) is 11.2. The van der Waals surface area contributed by atoms with Crippen LogP contribution < -0.4 is 5.32 Å². The van der Waals surface area contributed by atoms with Crippen molar-refractivity contribution in [3.05, 3.63) is 0 Å². The van der Waals surface area contributed by atoms with Crippen molar-refractivity contribution >= 4 is 5.91 Å². The molecule has 1 amide bonds. The highest BCUT2D eigenvalue weighted by atomic mass is 16.1. The second-order valence-corrected chi connectivity index (χ2v) is 3.37. The van der Waals surface area contributed by atoms with Crippen molar-refractivity contribution in [2.45, 2.75) is 44.6 Å². The van der Waals surface area contributed by atoms with Crippen molar-refractivity contribution in [1.82, 2.24) is 5.32 Å². The van der Waals surface area contributed by atoms with E-state index in [1.54, 1.807) is 0 Å². The van der Waals surface area contributed by atoms with E-state index in [9.17, 15) is 4.79 Å². The second-order valence-electron chi connectivity index (χ2n) is 3.37. The van der Waals surface area contributed by atoms with E-state index < -0.39 is 0 Å². The van der Waals surface area contributed by atoms with Gasteiger partial charge in [0.25, 0.3) is 0 Å². The molecule has 0 aromatic rings. The third-order valence-corrected chi connectivity index (χ3v) is 2.63. The summed E-state index contributed by atoms with van der Waals surface area (Å²) in [6, 6.07) is 1.85. The van der Waals surface area contributed by atoms with Gasteiger partial charge in [0, 0.05) is 5.54 Å². The third kappa shape index (κ3) is 1.76. The highest BCUT2D eigenvalue weighted by Crippen LogP contribution is 2.34. The van der Waals surface area contributed by atoms with Gasteiger partial charge in [-0.15, -0.1) is 0 Å². The number of hydrogen-bond acceptors (Lipinski definition) is 2. The van der Waals surface area contributed by atoms with Gasteiger partial charge in [0.2, 0.25) is 5.91 Å². The van der Waals surface area contributed by atoms with E-state index in [0.29, 0.717) is 0 Å². The molecule has 1 N–H and O–H groups in total. The predicted molar refractivity (Wildman–Crippen MR) is 45.2 cm³/mol. The molecule has 0 radical (unpaired) electrons. The molecule has 0 atom stereocenters. The Labute approximate surface area is 72.8 Å². The molecule has 12 heavy (non-hydrogen) atoms. The fraction of sp³-hybridized carbons (Fsp3) is 0.778. The van der Waals surface area contributed by atoms with Gasteiger partial charge in [0.05, 0.1) is 6.07 Å². The maximum Gasteiger partial charge on any atom is 0.234 e. The highest BCUT2D eigenvalue weighted by Gasteiger charge is 2.35. The van der Waals surface area contributed by atoms with E-state index in [1.807, 2.05) is 6.07 Å². The molecule has 0 bridgehead atoms. The minimum absolute atomic E-state index is 0.0122. The Balaban J connectivity index is 2.38. The first-order valence-corrected chi connectivity index (χ1v) is 4.40. The molecule has 0 saturated heterocycles. The summed E-state index contributed by atoms with van der Waals surface area (Å²) in [5.41, 5.74) is 0.0356. The van der Waals surface area contributed by atoms with E-state index in [2.05, 4.69) is 12.2 Å². The molecular formula is C9H14N2O. The molecule has 1 rings (SSSR count). The molecule has 0 aliphatic heterocycles. The molecule has 0 aromatic carbocycles. The topological polar surface area (TPSA) is 52.9 Å². The monoisotopic (exact) mass is 166 g/mol. The first-order valence-electron chi connectivity index (χ1n) is 4.40. The number of amides is 1. The van der Waals surface area contributed by atoms with Crippen molar-refractivity contribution in [3.63, 3.8) is 0 Å². The average Bonchev–Trinajstić information content (AvgIpc) is 1.97. The largest absolute Gasteiger partial charge is 0.350 e. The Morgan fingerprint density at radius 2 is 2.33 bits per heavy atom. The number of carbonyl (C=O) groups excluding carboxylic acids is 1. The number of nitrogens with zero attached hydrogens (tertiary/aromatic N) is 1. The number of nitriles is 1. The summed E-state index contributed by atoms with van der Waals surface area (Å²) in [7, 11) is 0. The molecule has 0 heterocycles. The van der Waals surface area contributed by atoms with E-state index in [-0.39, 0.29) is 17.9 Å². The van der Waals surface area contributed by atoms with Crippen molar-refractivity contribution < 1.29 is 4.79 Å². The van der Waals surface area contributed by atoms with Crippen LogP contribution in [0.4, 0.5) is 0 Å². The lowest BCUT2D eigenvalue weighted by Crippen LogP contribution is -2.52. The molecule has 3 heteroatoms. The minimum atomic E-state index is -0.126. The smallest absolute Gasteiger partial charge is 0.234 e. The first kappa shape index (κ1) is 9.05. The van der Waals surface area contributed by atoms with Crippen LogP contribution >= 0.6 is 0 Å². The third-order valence-electron chi connectivity index (χ3n) is 2.63. The van der Waals surface area contributed by atoms with Gasteiger partial charge in [-0.25, -0.2) is 0 Å². The van der Waals surface area contributed by atoms with Crippen molar-refractivity contribution in [1.29, 1.82) is 5.26 Å². The van der Waals surface area contributed by atoms with Crippen molar-refractivity contribution in [2.24, 2.45) is 0 Å². The zero-order chi connectivity index (χ0) is 9.03. The molecule has 3 nitrogen and oxygen atoms in total. The molecular weight excluding hydrogens is 152 g/mol. The van der Waals surface area contributed by atoms with Gasteiger partial charge in [0.15, 0.2) is 0 Å². The van der Waals surface area contributed by atoms with Crippen LogP contribution in [0.25, 0.3) is 0 Å². The van der Waals surface area contributed by atoms with Gasteiger partial charge < -0.3 is 5.32 Å². The molecule has 66 valence electrons. The molecule has 1 aliphatic carbocycles. The van der Waals surface area contributed by atoms with Crippen LogP contribution in [0, 0.1) is 11.3 Å². The fourth-order valence-electron chi connectivity index (χ4n) is 1.58. The standard InChI is InChI=1S/C9H14N2O/c1-2-9(5-3-6-9)11-8(12)4-7-10/h2-6H2,1H3,(H,11,12). The zero-order valence-electron chi connectivity index (χ0n) is 7.39. The van der Waals surface area contributed by atoms with Crippen LogP contribution in [-0.2, 0) is 4.79 Å². The van der Waals surface area contributed by atoms with Gasteiger partial charge in [-0.05, 0) is 25.7 Å². The lowest BCUT2D eigenvalue weighted by Gasteiger charge is -2.41. The average molecular weight is 166 g/mol. The second kappa shape index (κ2) is 3.57. The SMILES string of the molecule is CCC1(NC(=O)CC#N)CCC1. The molecule has 1 aliphatic rings. The van der Waals surface area contributed by atoms with Crippen LogP contribution in [0.2, 0.25) is 0 Å². The van der Waals surface area contributed by atoms with Crippen molar-refractivity contribution in [2.75, 3.05) is 0 Å². The summed E-state index contributed by atoms with van der Waals surface area (Å²) in [6.07, 6.45) is 4.30. The van der Waals surface area contributed by atoms with Gasteiger partial charge in [0.1, 0.15) is 6.42 Å². The number of nitrogens with one attached hydrogen (secondary N) is 1. The van der Waals surface area contributed by atoms with E-state index in [1.165, 1.54) is 6.42 Å². The summed E-state index contributed by atoms with van der Waals surface area (Å²) < 4.78 is 0. The summed E-state index contributed by atoms with van der Waals surface area (Å²) in [6.45, 7) is 2.08. The fourth-order valence-corrected chi connectivity index (χ4v) is 1.58. The molecule has 1 fully saturated rings. The van der Waals surface area contributed by atoms with E-state index in [0.717, 1.165) is 19.3 Å². The molecule has 0 spiro atoms. The van der Waals surface area contributed by atoms with Crippen molar-refractivity contribution in [3.8, 4) is 6.07 Å². The predicted octanol–water partition coefficient (Wildman–Crippen LogP) is 1.35. The Hall–Kier alpha value is -1.04. The van der Waals surface area contributed by atoms with Crippen LogP contribution in [0.3, 0.4) is 0 Å². The quantitative estimate of drug-likeness (QED) is 0.688. The van der Waals surface area contributed by atoms with Crippen LogP contribution in [0.1, 0.15) is 39.0 Å². The molecule has 0 aromatic heterocycles. The Bertz CT molecular complexity index is 208. The number of carbonyl (C=O) groups is 1. The minimum Gasteiger partial charge on any atom is -0.350 e. The van der Waals surface area contributed by atoms with Gasteiger partial charge in [-0.3, -0.25) is 4.79 Å². The summed E-state index contributed by atoms with van der Waals surface area (Å²) in [4.78, 5) is 11.1. The lowest BCUT2D eigenvalue weighted by molar-refractivity contribution is -0.123. The van der Waals surface area contributed by atoms with E-state index in [4.69, 9.17) is 5.26 Å². The van der Waals surface area contributed by atoms with Gasteiger partial charge in [-0.1, -0.05) is 6.92 Å². The number of rotatable bonds is 3. The summed E-state index contributed by atoms with van der Waals surface area (Å²) in [5.74, 6) is -0.126. The van der Waals surface area contributed by atoms with Crippen LogP contribution in [0.15, 0.2) is 0 Å². The zero-order valence-corrected chi connectivity index (χ0v) is 7.39. The molecule has 1 saturated carbocycles. The Morgan fingerprint density at radius 3 is 2.67 bits per heavy atom. The Kier molecular flexibility index (Phi) is 2.69. The van der Waals surface area contributed by atoms with Crippen LogP contribution in [0.5, 0.6) is 0 Å². The van der Waals surface area contributed by atoms with Gasteiger partial charge in [-0.2, -0.15) is 5.26 Å². The lowest BCUT2D eigenvalue weighted by atomic mass is 9.75. The number of hydrogen-bond donors (Lipinski definition) is 1. The van der Waals surface area contributed by atoms with Crippen LogP contribution in [-0.4, -0.2) is 11.4 Å². The van der Waals surface area contributed by atoms with E-state index >= 15 is 0 Å². The maximum atomic E-state index is 11.1. The Morgan fingerprint density at radius 1 is 1.67 bits per heavy atom. The first-order chi connectivity index (χ1) is 5.72. The maximum absolute atomic E-state index is 11.1. The summed E-state index contributed by atoms with van der Waals surface area (Å²) >= 11 is 0.